The molecule has 0 aromatic rings. The molecule has 0 fully saturated rings. The lowest BCUT2D eigenvalue weighted by atomic mass is 10.0. The zero-order valence-electron chi connectivity index (χ0n) is 51.0. The molecule has 2 unspecified atom stereocenters. The lowest BCUT2D eigenvalue weighted by Gasteiger charge is -2.20. The highest BCUT2D eigenvalue weighted by molar-refractivity contribution is 5.76. The number of allylic oxidation sites excluding steroid dienone is 7. The first-order valence-electron chi connectivity index (χ1n) is 33.9. The molecule has 6 heteroatoms. The van der Waals surface area contributed by atoms with Crippen molar-refractivity contribution in [1.29, 1.82) is 0 Å². The molecule has 0 aliphatic rings. The lowest BCUT2D eigenvalue weighted by molar-refractivity contribution is -0.143. The van der Waals surface area contributed by atoms with Gasteiger partial charge in [0.15, 0.2) is 0 Å². The second-order valence-electron chi connectivity index (χ2n) is 23.1. The average molecular weight is 1070 g/mol. The highest BCUT2D eigenvalue weighted by atomic mass is 16.5. The maximum atomic E-state index is 12.5. The van der Waals surface area contributed by atoms with Gasteiger partial charge in [-0.25, -0.2) is 0 Å². The number of aliphatic hydroxyl groups excluding tert-OH is 2. The van der Waals surface area contributed by atoms with Gasteiger partial charge >= 0.3 is 5.97 Å². The fraction of sp³-hybridized carbons (Fsp3) is 0.857. The van der Waals surface area contributed by atoms with Crippen LogP contribution in [0.25, 0.3) is 0 Å². The van der Waals surface area contributed by atoms with E-state index in [9.17, 15) is 19.8 Å². The molecule has 0 saturated heterocycles. The van der Waals surface area contributed by atoms with E-state index in [0.29, 0.717) is 19.4 Å². The van der Waals surface area contributed by atoms with Gasteiger partial charge in [-0.05, 0) is 89.9 Å². The van der Waals surface area contributed by atoms with Gasteiger partial charge in [0.25, 0.3) is 0 Å². The van der Waals surface area contributed by atoms with Crippen LogP contribution in [-0.4, -0.2) is 47.4 Å². The number of carbonyl (C=O) groups is 2. The molecular weight excluding hydrogens is 935 g/mol. The summed E-state index contributed by atoms with van der Waals surface area (Å²) >= 11 is 0. The summed E-state index contributed by atoms with van der Waals surface area (Å²) in [6.45, 7) is 4.90. The third-order valence-electron chi connectivity index (χ3n) is 15.6. The summed E-state index contributed by atoms with van der Waals surface area (Å²) in [5.74, 6) is -0.0766. The molecule has 2 atom stereocenters. The number of esters is 1. The Bertz CT molecular complexity index is 1270. The Hall–Kier alpha value is -2.18. The van der Waals surface area contributed by atoms with E-state index in [-0.39, 0.29) is 18.5 Å². The van der Waals surface area contributed by atoms with Crippen LogP contribution < -0.4 is 5.32 Å². The van der Waals surface area contributed by atoms with Crippen molar-refractivity contribution in [1.82, 2.24) is 5.32 Å². The topological polar surface area (TPSA) is 95.9 Å². The first-order valence-corrected chi connectivity index (χ1v) is 33.9. The monoisotopic (exact) mass is 1070 g/mol. The second-order valence-corrected chi connectivity index (χ2v) is 23.1. The fourth-order valence-electron chi connectivity index (χ4n) is 10.4. The molecule has 0 spiro atoms. The molecule has 0 heterocycles. The van der Waals surface area contributed by atoms with Gasteiger partial charge in [0.2, 0.25) is 5.91 Å². The zero-order chi connectivity index (χ0) is 55.0. The minimum Gasteiger partial charge on any atom is -0.466 e. The van der Waals surface area contributed by atoms with Crippen molar-refractivity contribution < 1.29 is 24.5 Å². The molecule has 446 valence electrons. The van der Waals surface area contributed by atoms with Crippen molar-refractivity contribution >= 4 is 11.9 Å². The van der Waals surface area contributed by atoms with Crippen LogP contribution in [0.15, 0.2) is 48.6 Å². The van der Waals surface area contributed by atoms with Crippen molar-refractivity contribution in [2.45, 2.75) is 373 Å². The number of hydrogen-bond donors (Lipinski definition) is 3. The predicted molar refractivity (Wildman–Crippen MR) is 333 cm³/mol. The molecule has 0 saturated carbocycles. The predicted octanol–water partition coefficient (Wildman–Crippen LogP) is 21.7. The van der Waals surface area contributed by atoms with Crippen LogP contribution >= 0.6 is 0 Å². The minimum absolute atomic E-state index is 0.00396. The van der Waals surface area contributed by atoms with Crippen LogP contribution in [-0.2, 0) is 14.3 Å². The summed E-state index contributed by atoms with van der Waals surface area (Å²) in [5, 5.41) is 23.2. The first-order chi connectivity index (χ1) is 37.5. The van der Waals surface area contributed by atoms with Gasteiger partial charge in [-0.1, -0.05) is 306 Å². The van der Waals surface area contributed by atoms with E-state index in [4.69, 9.17) is 4.74 Å². The first kappa shape index (κ1) is 73.8. The van der Waals surface area contributed by atoms with E-state index < -0.39 is 12.1 Å². The van der Waals surface area contributed by atoms with Crippen molar-refractivity contribution in [3.8, 4) is 0 Å². The Balaban J connectivity index is 3.45. The Kier molecular flexibility index (Phi) is 63.5. The average Bonchev–Trinajstić information content (AvgIpc) is 3.42. The van der Waals surface area contributed by atoms with Crippen LogP contribution in [0.3, 0.4) is 0 Å². The third-order valence-corrected chi connectivity index (χ3v) is 15.6. The molecule has 0 radical (unpaired) electrons. The van der Waals surface area contributed by atoms with Crippen LogP contribution in [0.5, 0.6) is 0 Å². The number of rotatable bonds is 63. The fourth-order valence-corrected chi connectivity index (χ4v) is 10.4. The van der Waals surface area contributed by atoms with E-state index in [1.165, 1.54) is 276 Å². The lowest BCUT2D eigenvalue weighted by Crippen LogP contribution is -2.45. The molecule has 0 aromatic carbocycles. The number of carbonyl (C=O) groups excluding carboxylic acids is 2. The van der Waals surface area contributed by atoms with Gasteiger partial charge in [-0.15, -0.1) is 0 Å². The minimum atomic E-state index is -0.851. The standard InChI is InChI=1S/C70H131NO5/c1-3-5-7-9-11-13-15-17-19-21-22-25-28-31-34-38-42-46-50-54-58-62-68(73)67(66-72)71-69(74)63-59-55-51-47-43-39-35-32-29-26-23-24-27-30-33-37-41-45-49-53-57-61-65-76-70(75)64-60-56-52-48-44-40-36-20-18-16-14-12-10-8-6-4-2/h14,16,20,26,29,36,58,62,67-68,72-73H,3-13,15,17-19,21-25,27-28,30-35,37-57,59-61,63-66H2,1-2H3,(H,71,74)/b16-14-,29-26-,36-20-,62-58+. The number of unbranched alkanes of at least 4 members (excludes halogenated alkanes) is 46. The molecule has 6 nitrogen and oxygen atoms in total. The summed E-state index contributed by atoms with van der Waals surface area (Å²) in [7, 11) is 0. The SMILES string of the molecule is CCCCCC/C=C\C/C=C\CCCCCCCC(=O)OCCCCCCCCCCCCC/C=C\CCCCCCCCCC(=O)NC(CO)C(O)/C=C/CCCCCCCCCCCCCCCCCCCCC. The van der Waals surface area contributed by atoms with Crippen LogP contribution in [0.4, 0.5) is 0 Å². The van der Waals surface area contributed by atoms with E-state index in [0.717, 1.165) is 57.8 Å². The summed E-state index contributed by atoms with van der Waals surface area (Å²) in [6.07, 6.45) is 84.5. The summed E-state index contributed by atoms with van der Waals surface area (Å²) < 4.78 is 5.48. The molecular formula is C70H131NO5. The highest BCUT2D eigenvalue weighted by Gasteiger charge is 2.18. The normalized spacial score (nSPS) is 12.8. The highest BCUT2D eigenvalue weighted by Crippen LogP contribution is 2.17. The van der Waals surface area contributed by atoms with E-state index >= 15 is 0 Å². The zero-order valence-corrected chi connectivity index (χ0v) is 51.0. The Morgan fingerprint density at radius 2 is 0.658 bits per heavy atom. The Labute approximate surface area is 474 Å². The molecule has 0 aliphatic carbocycles. The number of aliphatic hydroxyl groups is 2. The molecule has 0 rings (SSSR count). The van der Waals surface area contributed by atoms with Crippen LogP contribution in [0.2, 0.25) is 0 Å². The Morgan fingerprint density at radius 1 is 0.368 bits per heavy atom. The summed E-state index contributed by atoms with van der Waals surface area (Å²) in [6, 6.07) is -0.635. The second kappa shape index (κ2) is 65.3. The van der Waals surface area contributed by atoms with E-state index in [1.54, 1.807) is 6.08 Å². The van der Waals surface area contributed by atoms with Crippen molar-refractivity contribution in [3.63, 3.8) is 0 Å². The Morgan fingerprint density at radius 3 is 1.03 bits per heavy atom. The van der Waals surface area contributed by atoms with Gasteiger partial charge in [0, 0.05) is 12.8 Å². The number of amides is 1. The smallest absolute Gasteiger partial charge is 0.305 e. The van der Waals surface area contributed by atoms with Gasteiger partial charge in [0.05, 0.1) is 25.4 Å². The van der Waals surface area contributed by atoms with Gasteiger partial charge in [-0.2, -0.15) is 0 Å². The number of ether oxygens (including phenoxy) is 1. The molecule has 0 aromatic heterocycles. The molecule has 1 amide bonds. The van der Waals surface area contributed by atoms with Crippen molar-refractivity contribution in [2.24, 2.45) is 0 Å². The maximum Gasteiger partial charge on any atom is 0.305 e. The van der Waals surface area contributed by atoms with Crippen molar-refractivity contribution in [3.05, 3.63) is 48.6 Å². The quantitative estimate of drug-likeness (QED) is 0.0320. The van der Waals surface area contributed by atoms with E-state index in [1.807, 2.05) is 6.08 Å². The molecule has 76 heavy (non-hydrogen) atoms. The van der Waals surface area contributed by atoms with E-state index in [2.05, 4.69) is 55.6 Å². The maximum absolute atomic E-state index is 12.5. The van der Waals surface area contributed by atoms with Gasteiger partial charge < -0.3 is 20.3 Å². The molecule has 0 aliphatic heterocycles. The van der Waals surface area contributed by atoms with Gasteiger partial charge in [-0.3, -0.25) is 9.59 Å². The largest absolute Gasteiger partial charge is 0.466 e. The van der Waals surface area contributed by atoms with Gasteiger partial charge in [0.1, 0.15) is 0 Å². The third kappa shape index (κ3) is 61.0. The van der Waals surface area contributed by atoms with Crippen LogP contribution in [0, 0.1) is 0 Å². The van der Waals surface area contributed by atoms with Crippen LogP contribution in [0.1, 0.15) is 361 Å². The summed E-state index contributed by atoms with van der Waals surface area (Å²) in [4.78, 5) is 24.6. The van der Waals surface area contributed by atoms with Crippen molar-refractivity contribution in [2.75, 3.05) is 13.2 Å². The number of nitrogens with one attached hydrogen (secondary N) is 1. The summed E-state index contributed by atoms with van der Waals surface area (Å²) in [5.41, 5.74) is 0. The number of hydrogen-bond acceptors (Lipinski definition) is 5. The molecule has 0 bridgehead atoms. The molecule has 3 N–H and O–H groups in total.